The molecule has 1 aromatic heterocycles. The van der Waals surface area contributed by atoms with Gasteiger partial charge in [0.05, 0.1) is 13.2 Å². The molecule has 0 unspecified atom stereocenters. The van der Waals surface area contributed by atoms with E-state index < -0.39 is 0 Å². The molecule has 1 aliphatic carbocycles. The van der Waals surface area contributed by atoms with Crippen LogP contribution < -0.4 is 5.32 Å². The van der Waals surface area contributed by atoms with E-state index in [2.05, 4.69) is 5.32 Å². The molecule has 1 aliphatic rings. The maximum atomic E-state index is 5.63. The van der Waals surface area contributed by atoms with Gasteiger partial charge in [-0.15, -0.1) is 0 Å². The molecule has 1 aromatic rings. The van der Waals surface area contributed by atoms with Gasteiger partial charge in [0.15, 0.2) is 0 Å². The molecule has 0 spiro atoms. The second-order valence-electron chi connectivity index (χ2n) is 4.11. The highest BCUT2D eigenvalue weighted by Crippen LogP contribution is 2.19. The molecule has 0 bridgehead atoms. The molecule has 16 heavy (non-hydrogen) atoms. The van der Waals surface area contributed by atoms with Crippen LogP contribution in [0.15, 0.2) is 28.7 Å². The van der Waals surface area contributed by atoms with Crippen molar-refractivity contribution < 1.29 is 9.15 Å². The molecule has 0 aliphatic heterocycles. The number of hydrogen-bond acceptors (Lipinski definition) is 3. The van der Waals surface area contributed by atoms with Crippen LogP contribution >= 0.6 is 0 Å². The first-order valence-electron chi connectivity index (χ1n) is 5.88. The lowest BCUT2D eigenvalue weighted by atomic mass is 10.4. The quantitative estimate of drug-likeness (QED) is 0.567. The molecule has 2 rings (SSSR count). The fraction of sp³-hybridized carbons (Fsp3) is 0.538. The molecular weight excluding hydrogens is 202 g/mol. The van der Waals surface area contributed by atoms with Crippen molar-refractivity contribution in [3.05, 3.63) is 35.8 Å². The van der Waals surface area contributed by atoms with Gasteiger partial charge in [-0.25, -0.2) is 0 Å². The first-order chi connectivity index (χ1) is 7.88. The van der Waals surface area contributed by atoms with E-state index in [1.54, 1.807) is 0 Å². The molecule has 1 fully saturated rings. The summed E-state index contributed by atoms with van der Waals surface area (Å²) in [6.45, 7) is 4.01. The van der Waals surface area contributed by atoms with Gasteiger partial charge in [0.1, 0.15) is 18.1 Å². The lowest BCUT2D eigenvalue weighted by Gasteiger charge is -1.99. The van der Waals surface area contributed by atoms with Gasteiger partial charge in [-0.3, -0.25) is 0 Å². The van der Waals surface area contributed by atoms with Crippen molar-refractivity contribution in [3.8, 4) is 0 Å². The van der Waals surface area contributed by atoms with Gasteiger partial charge in [-0.1, -0.05) is 12.2 Å². The fourth-order valence-corrected chi connectivity index (χ4v) is 1.45. The second kappa shape index (κ2) is 5.87. The van der Waals surface area contributed by atoms with Crippen molar-refractivity contribution in [1.82, 2.24) is 5.32 Å². The van der Waals surface area contributed by atoms with Crippen molar-refractivity contribution in [2.45, 2.75) is 39.0 Å². The number of ether oxygens (including phenoxy) is 1. The number of furan rings is 1. The minimum absolute atomic E-state index is 0.549. The third-order valence-electron chi connectivity index (χ3n) is 2.55. The number of hydrogen-bond donors (Lipinski definition) is 1. The first-order valence-corrected chi connectivity index (χ1v) is 5.88. The van der Waals surface area contributed by atoms with Crippen LogP contribution in [0.1, 0.15) is 31.3 Å². The molecular formula is C13H19NO2. The summed E-state index contributed by atoms with van der Waals surface area (Å²) in [5, 5.41) is 3.42. The number of allylic oxidation sites excluding steroid dienone is 1. The molecule has 3 heteroatoms. The SMILES string of the molecule is CC=CCOCc1ccc(CNC2CC2)o1. The largest absolute Gasteiger partial charge is 0.462 e. The lowest BCUT2D eigenvalue weighted by Crippen LogP contribution is -2.14. The predicted octanol–water partition coefficient (Wildman–Crippen LogP) is 2.62. The summed E-state index contributed by atoms with van der Waals surface area (Å²) >= 11 is 0. The zero-order chi connectivity index (χ0) is 11.2. The molecule has 0 aromatic carbocycles. The minimum atomic E-state index is 0.549. The third kappa shape index (κ3) is 3.83. The second-order valence-corrected chi connectivity index (χ2v) is 4.11. The third-order valence-corrected chi connectivity index (χ3v) is 2.55. The molecule has 0 saturated heterocycles. The molecule has 0 radical (unpaired) electrons. The van der Waals surface area contributed by atoms with Crippen molar-refractivity contribution in [2.75, 3.05) is 6.61 Å². The van der Waals surface area contributed by atoms with Gasteiger partial charge in [0.2, 0.25) is 0 Å². The Labute approximate surface area is 96.5 Å². The average molecular weight is 221 g/mol. The van der Waals surface area contributed by atoms with E-state index >= 15 is 0 Å². The van der Waals surface area contributed by atoms with Gasteiger partial charge >= 0.3 is 0 Å². The van der Waals surface area contributed by atoms with Crippen LogP contribution in [0, 0.1) is 0 Å². The molecule has 1 N–H and O–H groups in total. The van der Waals surface area contributed by atoms with E-state index in [9.17, 15) is 0 Å². The fourth-order valence-electron chi connectivity index (χ4n) is 1.45. The van der Waals surface area contributed by atoms with Crippen molar-refractivity contribution >= 4 is 0 Å². The van der Waals surface area contributed by atoms with Crippen LogP contribution in [-0.2, 0) is 17.9 Å². The number of rotatable bonds is 7. The maximum absolute atomic E-state index is 5.63. The Bertz CT molecular complexity index is 339. The average Bonchev–Trinajstić information content (AvgIpc) is 3.02. The molecule has 1 heterocycles. The van der Waals surface area contributed by atoms with Gasteiger partial charge in [-0.05, 0) is 31.9 Å². The van der Waals surface area contributed by atoms with Crippen molar-refractivity contribution in [1.29, 1.82) is 0 Å². The molecule has 88 valence electrons. The summed E-state index contributed by atoms with van der Waals surface area (Å²) in [6, 6.07) is 4.73. The summed E-state index contributed by atoms with van der Waals surface area (Å²) < 4.78 is 11.0. The minimum Gasteiger partial charge on any atom is -0.462 e. The maximum Gasteiger partial charge on any atom is 0.129 e. The van der Waals surface area contributed by atoms with E-state index in [1.165, 1.54) is 12.8 Å². The monoisotopic (exact) mass is 221 g/mol. The molecule has 0 amide bonds. The summed E-state index contributed by atoms with van der Waals surface area (Å²) in [5.41, 5.74) is 0. The Hall–Kier alpha value is -1.06. The van der Waals surface area contributed by atoms with Gasteiger partial charge in [0.25, 0.3) is 0 Å². The van der Waals surface area contributed by atoms with Crippen LogP contribution in [0.5, 0.6) is 0 Å². The standard InChI is InChI=1S/C13H19NO2/c1-2-3-8-15-10-13-7-6-12(16-13)9-14-11-4-5-11/h2-3,6-7,11,14H,4-5,8-10H2,1H3. The van der Waals surface area contributed by atoms with Gasteiger partial charge in [0, 0.05) is 6.04 Å². The van der Waals surface area contributed by atoms with E-state index in [0.29, 0.717) is 13.2 Å². The van der Waals surface area contributed by atoms with Gasteiger partial charge < -0.3 is 14.5 Å². The Morgan fingerprint density at radius 2 is 2.25 bits per heavy atom. The summed E-state index contributed by atoms with van der Waals surface area (Å²) in [7, 11) is 0. The number of nitrogens with one attached hydrogen (secondary N) is 1. The Morgan fingerprint density at radius 1 is 1.44 bits per heavy atom. The summed E-state index contributed by atoms with van der Waals surface area (Å²) in [6.07, 6.45) is 6.58. The first kappa shape index (κ1) is 11.4. The Morgan fingerprint density at radius 3 is 3.00 bits per heavy atom. The van der Waals surface area contributed by atoms with Gasteiger partial charge in [-0.2, -0.15) is 0 Å². The van der Waals surface area contributed by atoms with Crippen LogP contribution in [0.2, 0.25) is 0 Å². The zero-order valence-electron chi connectivity index (χ0n) is 9.74. The Kier molecular flexibility index (Phi) is 4.19. The molecule has 1 saturated carbocycles. The van der Waals surface area contributed by atoms with Crippen molar-refractivity contribution in [3.63, 3.8) is 0 Å². The molecule has 0 atom stereocenters. The van der Waals surface area contributed by atoms with E-state index in [1.807, 2.05) is 31.2 Å². The van der Waals surface area contributed by atoms with Crippen LogP contribution in [0.25, 0.3) is 0 Å². The van der Waals surface area contributed by atoms with E-state index in [0.717, 1.165) is 24.1 Å². The van der Waals surface area contributed by atoms with E-state index in [4.69, 9.17) is 9.15 Å². The highest BCUT2D eigenvalue weighted by Gasteiger charge is 2.20. The summed E-state index contributed by atoms with van der Waals surface area (Å²) in [5.74, 6) is 1.90. The normalized spacial score (nSPS) is 16.1. The van der Waals surface area contributed by atoms with Crippen LogP contribution in [-0.4, -0.2) is 12.6 Å². The highest BCUT2D eigenvalue weighted by atomic mass is 16.5. The highest BCUT2D eigenvalue weighted by molar-refractivity contribution is 5.06. The Balaban J connectivity index is 1.68. The van der Waals surface area contributed by atoms with Crippen LogP contribution in [0.3, 0.4) is 0 Å². The molecule has 3 nitrogen and oxygen atoms in total. The predicted molar refractivity (Wildman–Crippen MR) is 63.0 cm³/mol. The van der Waals surface area contributed by atoms with Crippen LogP contribution in [0.4, 0.5) is 0 Å². The lowest BCUT2D eigenvalue weighted by molar-refractivity contribution is 0.130. The topological polar surface area (TPSA) is 34.4 Å². The van der Waals surface area contributed by atoms with E-state index in [-0.39, 0.29) is 0 Å². The smallest absolute Gasteiger partial charge is 0.129 e. The summed E-state index contributed by atoms with van der Waals surface area (Å²) in [4.78, 5) is 0. The van der Waals surface area contributed by atoms with Crippen molar-refractivity contribution in [2.24, 2.45) is 0 Å². The zero-order valence-corrected chi connectivity index (χ0v) is 9.74.